The molecule has 1 heterocycles. The number of carbonyl (C=O) groups excluding carboxylic acids is 1. The molecule has 2 rings (SSSR count). The Morgan fingerprint density at radius 2 is 2.14 bits per heavy atom. The van der Waals surface area contributed by atoms with Gasteiger partial charge in [-0.2, -0.15) is 0 Å². The van der Waals surface area contributed by atoms with Crippen molar-refractivity contribution in [2.45, 2.75) is 6.04 Å². The Kier molecular flexibility index (Phi) is 4.07. The summed E-state index contributed by atoms with van der Waals surface area (Å²) in [6, 6.07) is 7.15. The molecule has 0 aliphatic carbocycles. The summed E-state index contributed by atoms with van der Waals surface area (Å²) in [5.41, 5.74) is 4.03. The Bertz CT molecular complexity index is 343. The molecule has 1 aromatic carbocycles. The summed E-state index contributed by atoms with van der Waals surface area (Å²) in [6.45, 7) is 0. The molecule has 3 N–H and O–H groups in total. The largest absolute Gasteiger partial charge is 0.614 e. The van der Waals surface area contributed by atoms with E-state index in [4.69, 9.17) is 5.84 Å². The van der Waals surface area contributed by atoms with Crippen molar-refractivity contribution < 1.29 is 37.5 Å². The first kappa shape index (κ1) is 11.7. The topological polar surface area (TPSA) is 64.9 Å². The van der Waals surface area contributed by atoms with Gasteiger partial charge in [0.1, 0.15) is 0 Å². The van der Waals surface area contributed by atoms with Crippen molar-refractivity contribution in [2.75, 3.05) is 5.32 Å². The van der Waals surface area contributed by atoms with Crippen LogP contribution in [0.15, 0.2) is 24.3 Å². The van der Waals surface area contributed by atoms with Gasteiger partial charge in [-0.25, -0.2) is 0 Å². The van der Waals surface area contributed by atoms with Gasteiger partial charge in [-0.1, -0.05) is 24.2 Å². The molecule has 5 heteroatoms. The zero-order valence-electron chi connectivity index (χ0n) is 7.45. The third kappa shape index (κ3) is 2.15. The standard InChI is InChI=1S/C9H9N3O.Y/c10-12-8-5-9(13)11-7-4-2-1-3-6(7)8;/h1-5,8,10,12H,(H,11,13);/q-2;. The minimum Gasteiger partial charge on any atom is -0.614 e. The number of rotatable bonds is 1. The van der Waals surface area contributed by atoms with Crippen LogP contribution in [0.5, 0.6) is 0 Å². The van der Waals surface area contributed by atoms with E-state index in [2.05, 4.69) is 10.7 Å². The molecule has 1 aliphatic heterocycles. The van der Waals surface area contributed by atoms with E-state index in [1.54, 1.807) is 0 Å². The molecule has 0 saturated heterocycles. The van der Waals surface area contributed by atoms with E-state index in [0.717, 1.165) is 11.3 Å². The van der Waals surface area contributed by atoms with E-state index in [1.165, 1.54) is 6.42 Å². The monoisotopic (exact) mass is 264 g/mol. The normalized spacial score (nSPS) is 18.6. The van der Waals surface area contributed by atoms with Gasteiger partial charge >= 0.3 is 0 Å². The van der Waals surface area contributed by atoms with Gasteiger partial charge in [-0.15, -0.1) is 0 Å². The number of para-hydroxylation sites is 1. The van der Waals surface area contributed by atoms with Gasteiger partial charge in [0.15, 0.2) is 0 Å². The van der Waals surface area contributed by atoms with Crippen molar-refractivity contribution in [1.82, 2.24) is 5.43 Å². The third-order valence-electron chi connectivity index (χ3n) is 2.03. The van der Waals surface area contributed by atoms with Crippen LogP contribution in [-0.2, 0) is 37.5 Å². The smallest absolute Gasteiger partial charge is 0.0883 e. The van der Waals surface area contributed by atoms with Gasteiger partial charge in [0, 0.05) is 38.4 Å². The predicted octanol–water partition coefficient (Wildman–Crippen LogP) is 1.44. The summed E-state index contributed by atoms with van der Waals surface area (Å²) in [7, 11) is 0. The molecule has 0 spiro atoms. The second-order valence-electron chi connectivity index (χ2n) is 2.87. The van der Waals surface area contributed by atoms with E-state index in [9.17, 15) is 4.79 Å². The number of hydrogen-bond donors (Lipinski definition) is 2. The summed E-state index contributed by atoms with van der Waals surface area (Å²) in [4.78, 5) is 11.1. The number of fused-ring (bicyclic) bond motifs is 1. The van der Waals surface area contributed by atoms with Crippen molar-refractivity contribution >= 4 is 11.6 Å². The van der Waals surface area contributed by atoms with Crippen LogP contribution in [0.3, 0.4) is 0 Å². The summed E-state index contributed by atoms with van der Waals surface area (Å²) < 4.78 is 0. The van der Waals surface area contributed by atoms with Crippen LogP contribution < -0.4 is 10.7 Å². The minimum atomic E-state index is -0.301. The molecular formula is C9H9N3OY-2. The molecule has 1 amide bonds. The quantitative estimate of drug-likeness (QED) is 0.595. The average molecular weight is 264 g/mol. The molecular weight excluding hydrogens is 255 g/mol. The summed E-state index contributed by atoms with van der Waals surface area (Å²) in [5.74, 6) is 6.89. The minimum absolute atomic E-state index is 0. The fourth-order valence-electron chi connectivity index (χ4n) is 1.42. The van der Waals surface area contributed by atoms with E-state index in [1.807, 2.05) is 24.3 Å². The van der Waals surface area contributed by atoms with Gasteiger partial charge in [-0.05, 0) is 11.6 Å². The molecule has 71 valence electrons. The van der Waals surface area contributed by atoms with Crippen molar-refractivity contribution in [3.05, 3.63) is 42.1 Å². The second-order valence-corrected chi connectivity index (χ2v) is 2.87. The van der Waals surface area contributed by atoms with Gasteiger partial charge in [0.05, 0.1) is 5.91 Å². The number of hydrogen-bond acceptors (Lipinski definition) is 2. The fraction of sp³-hybridized carbons (Fsp3) is 0.111. The predicted molar refractivity (Wildman–Crippen MR) is 49.6 cm³/mol. The maximum atomic E-state index is 11.1. The Morgan fingerprint density at radius 3 is 2.86 bits per heavy atom. The number of nitrogens with one attached hydrogen (secondary N) is 3. The summed E-state index contributed by atoms with van der Waals surface area (Å²) in [5, 5.41) is 2.71. The molecule has 0 fully saturated rings. The van der Waals surface area contributed by atoms with E-state index in [-0.39, 0.29) is 44.7 Å². The average Bonchev–Trinajstić information content (AvgIpc) is 2.16. The molecule has 1 atom stereocenters. The van der Waals surface area contributed by atoms with Gasteiger partial charge in [-0.3, -0.25) is 6.42 Å². The zero-order chi connectivity index (χ0) is 9.26. The number of anilines is 1. The molecule has 1 aromatic rings. The van der Waals surface area contributed by atoms with Crippen LogP contribution in [0.25, 0.3) is 5.84 Å². The molecule has 4 nitrogen and oxygen atoms in total. The maximum absolute atomic E-state index is 11.1. The van der Waals surface area contributed by atoms with E-state index >= 15 is 0 Å². The van der Waals surface area contributed by atoms with Crippen LogP contribution in [0.1, 0.15) is 11.6 Å². The summed E-state index contributed by atoms with van der Waals surface area (Å²) >= 11 is 0. The van der Waals surface area contributed by atoms with E-state index < -0.39 is 0 Å². The Morgan fingerprint density at radius 1 is 1.43 bits per heavy atom. The van der Waals surface area contributed by atoms with Crippen LogP contribution in [0, 0.1) is 6.42 Å². The van der Waals surface area contributed by atoms with Crippen molar-refractivity contribution in [3.63, 3.8) is 0 Å². The van der Waals surface area contributed by atoms with Gasteiger partial charge in [0.25, 0.3) is 0 Å². The second kappa shape index (κ2) is 4.89. The van der Waals surface area contributed by atoms with Crippen molar-refractivity contribution in [1.29, 1.82) is 0 Å². The number of benzene rings is 1. The number of carbonyl (C=O) groups is 1. The maximum Gasteiger partial charge on any atom is 0.0883 e. The molecule has 0 aromatic heterocycles. The molecule has 0 bridgehead atoms. The Hall–Kier alpha value is -0.416. The van der Waals surface area contributed by atoms with E-state index in [0.29, 0.717) is 0 Å². The zero-order valence-corrected chi connectivity index (χ0v) is 10.3. The fourth-order valence-corrected chi connectivity index (χ4v) is 1.42. The van der Waals surface area contributed by atoms with Crippen LogP contribution in [0.2, 0.25) is 0 Å². The molecule has 14 heavy (non-hydrogen) atoms. The first-order valence-electron chi connectivity index (χ1n) is 3.98. The van der Waals surface area contributed by atoms with Crippen LogP contribution >= 0.6 is 0 Å². The third-order valence-corrected chi connectivity index (χ3v) is 2.03. The molecule has 1 radical (unpaired) electrons. The Labute approximate surface area is 107 Å². The first-order chi connectivity index (χ1) is 6.31. The summed E-state index contributed by atoms with van der Waals surface area (Å²) in [6.07, 6.45) is 1.45. The molecule has 0 saturated carbocycles. The van der Waals surface area contributed by atoms with Crippen molar-refractivity contribution in [3.8, 4) is 0 Å². The first-order valence-corrected chi connectivity index (χ1v) is 3.98. The number of amides is 1. The van der Waals surface area contributed by atoms with Crippen LogP contribution in [0.4, 0.5) is 5.69 Å². The Balaban J connectivity index is 0.000000980. The van der Waals surface area contributed by atoms with Gasteiger partial charge < -0.3 is 21.4 Å². The van der Waals surface area contributed by atoms with Crippen molar-refractivity contribution in [2.24, 2.45) is 0 Å². The molecule has 1 unspecified atom stereocenters. The van der Waals surface area contributed by atoms with Crippen LogP contribution in [-0.4, -0.2) is 5.91 Å². The SMILES string of the molecule is [NH-]NC1[CH-]C(=O)Nc2ccccc21.[Y]. The molecule has 1 aliphatic rings. The van der Waals surface area contributed by atoms with Gasteiger partial charge in [0.2, 0.25) is 0 Å².